The van der Waals surface area contributed by atoms with Crippen molar-refractivity contribution in [2.24, 2.45) is 0 Å². The van der Waals surface area contributed by atoms with Gasteiger partial charge in [-0.3, -0.25) is 4.79 Å². The first-order chi connectivity index (χ1) is 9.65. The van der Waals surface area contributed by atoms with Gasteiger partial charge in [-0.2, -0.15) is 8.78 Å². The largest absolute Gasteiger partial charge is 0.497 e. The molecule has 0 saturated carbocycles. The second kappa shape index (κ2) is 6.85. The molecule has 0 spiro atoms. The Morgan fingerprint density at radius 3 is 2.67 bits per heavy atom. The van der Waals surface area contributed by atoms with E-state index >= 15 is 0 Å². The van der Waals surface area contributed by atoms with Crippen LogP contribution in [0.5, 0.6) is 5.75 Å². The molecule has 0 heterocycles. The summed E-state index contributed by atoms with van der Waals surface area (Å²) in [6.07, 6.45) is -0.0295. The minimum Gasteiger partial charge on any atom is -0.497 e. The SMILES string of the molecule is C=C(CC(C)NC(=O)c1ccc(OC)cc1N)C(F)(F)P. The minimum atomic E-state index is -3.04. The van der Waals surface area contributed by atoms with E-state index in [9.17, 15) is 13.6 Å². The molecular weight excluding hydrogens is 297 g/mol. The lowest BCUT2D eigenvalue weighted by molar-refractivity contribution is 0.0934. The Hall–Kier alpha value is -1.68. The fraction of sp³-hybridized carbons (Fsp3) is 0.357. The van der Waals surface area contributed by atoms with Crippen LogP contribution in [0.1, 0.15) is 23.7 Å². The van der Waals surface area contributed by atoms with Gasteiger partial charge in [0.25, 0.3) is 11.6 Å². The summed E-state index contributed by atoms with van der Waals surface area (Å²) >= 11 is 0. The highest BCUT2D eigenvalue weighted by Gasteiger charge is 2.27. The summed E-state index contributed by atoms with van der Waals surface area (Å²) in [5.41, 5.74) is 2.99. The van der Waals surface area contributed by atoms with Crippen molar-refractivity contribution in [1.82, 2.24) is 5.32 Å². The minimum absolute atomic E-state index is 0.0295. The second-order valence-electron chi connectivity index (χ2n) is 4.76. The van der Waals surface area contributed by atoms with E-state index in [0.29, 0.717) is 5.75 Å². The van der Waals surface area contributed by atoms with Crippen molar-refractivity contribution in [1.29, 1.82) is 0 Å². The number of anilines is 1. The van der Waals surface area contributed by atoms with E-state index < -0.39 is 17.6 Å². The van der Waals surface area contributed by atoms with E-state index in [1.165, 1.54) is 28.5 Å². The number of nitrogen functional groups attached to an aromatic ring is 1. The molecule has 21 heavy (non-hydrogen) atoms. The average Bonchev–Trinajstić information content (AvgIpc) is 2.36. The van der Waals surface area contributed by atoms with Crippen LogP contribution in [-0.4, -0.2) is 24.7 Å². The quantitative estimate of drug-likeness (QED) is 0.482. The number of carbonyl (C=O) groups excluding carboxylic acids is 1. The van der Waals surface area contributed by atoms with Crippen molar-refractivity contribution in [2.75, 3.05) is 12.8 Å². The Labute approximate surface area is 124 Å². The molecule has 1 rings (SSSR count). The molecule has 0 fully saturated rings. The molecule has 0 aliphatic heterocycles. The number of methoxy groups -OCH3 is 1. The van der Waals surface area contributed by atoms with Crippen molar-refractivity contribution in [2.45, 2.75) is 25.1 Å². The molecule has 116 valence electrons. The van der Waals surface area contributed by atoms with Gasteiger partial charge in [-0.25, -0.2) is 0 Å². The van der Waals surface area contributed by atoms with Crippen LogP contribution in [0, 0.1) is 0 Å². The van der Waals surface area contributed by atoms with Crippen LogP contribution in [0.25, 0.3) is 0 Å². The Balaban J connectivity index is 2.71. The molecule has 3 N–H and O–H groups in total. The number of halogens is 2. The predicted molar refractivity (Wildman–Crippen MR) is 82.7 cm³/mol. The predicted octanol–water partition coefficient (Wildman–Crippen LogP) is 2.81. The summed E-state index contributed by atoms with van der Waals surface area (Å²) in [7, 11) is 2.92. The third kappa shape index (κ3) is 4.97. The van der Waals surface area contributed by atoms with Gasteiger partial charge in [0.05, 0.1) is 12.7 Å². The van der Waals surface area contributed by atoms with Crippen molar-refractivity contribution in [3.8, 4) is 5.75 Å². The van der Waals surface area contributed by atoms with Crippen LogP contribution >= 0.6 is 9.24 Å². The van der Waals surface area contributed by atoms with Gasteiger partial charge >= 0.3 is 0 Å². The molecule has 1 aromatic carbocycles. The number of ether oxygens (including phenoxy) is 1. The standard InChI is InChI=1S/C14H19F2N2O2P/c1-8(14(15,16)21)6-9(2)18-13(19)11-5-4-10(20-3)7-12(11)17/h4-5,7,9H,1,6,17,21H2,2-3H3,(H,18,19). The number of hydrogen-bond acceptors (Lipinski definition) is 3. The van der Waals surface area contributed by atoms with Gasteiger partial charge < -0.3 is 15.8 Å². The summed E-state index contributed by atoms with van der Waals surface area (Å²) in [6.45, 7) is 4.95. The topological polar surface area (TPSA) is 64.3 Å². The zero-order chi connectivity index (χ0) is 16.2. The third-order valence-electron chi connectivity index (χ3n) is 2.90. The Bertz CT molecular complexity index is 544. The molecule has 1 amide bonds. The number of hydrogen-bond donors (Lipinski definition) is 2. The second-order valence-corrected chi connectivity index (χ2v) is 5.48. The number of amides is 1. The number of rotatable bonds is 6. The van der Waals surface area contributed by atoms with Crippen molar-refractivity contribution in [3.63, 3.8) is 0 Å². The van der Waals surface area contributed by atoms with Crippen LogP contribution < -0.4 is 15.8 Å². The maximum Gasteiger partial charge on any atom is 0.279 e. The molecule has 2 unspecified atom stereocenters. The normalized spacial score (nSPS) is 12.6. The van der Waals surface area contributed by atoms with E-state index in [-0.39, 0.29) is 23.2 Å². The van der Waals surface area contributed by atoms with Crippen LogP contribution in [0.2, 0.25) is 0 Å². The first-order valence-corrected chi connectivity index (χ1v) is 6.82. The Morgan fingerprint density at radius 1 is 1.57 bits per heavy atom. The lowest BCUT2D eigenvalue weighted by atomic mass is 10.1. The summed E-state index contributed by atoms with van der Waals surface area (Å²) in [6, 6.07) is 4.16. The molecule has 0 saturated heterocycles. The zero-order valence-corrected chi connectivity index (χ0v) is 13.1. The zero-order valence-electron chi connectivity index (χ0n) is 12.0. The van der Waals surface area contributed by atoms with Crippen molar-refractivity contribution < 1.29 is 18.3 Å². The van der Waals surface area contributed by atoms with E-state index in [2.05, 4.69) is 11.9 Å². The molecule has 7 heteroatoms. The molecule has 0 bridgehead atoms. The van der Waals surface area contributed by atoms with Crippen molar-refractivity contribution in [3.05, 3.63) is 35.9 Å². The first-order valence-electron chi connectivity index (χ1n) is 6.24. The number of carbonyl (C=O) groups is 1. The highest BCUT2D eigenvalue weighted by atomic mass is 31.0. The molecule has 4 nitrogen and oxygen atoms in total. The molecular formula is C14H19F2N2O2P. The lowest BCUT2D eigenvalue weighted by Crippen LogP contribution is -2.34. The Morgan fingerprint density at radius 2 is 2.19 bits per heavy atom. The molecule has 0 aliphatic rings. The van der Waals surface area contributed by atoms with Gasteiger partial charge in [-0.15, -0.1) is 0 Å². The summed E-state index contributed by atoms with van der Waals surface area (Å²) in [5, 5.41) is 2.61. The number of nitrogens with one attached hydrogen (secondary N) is 1. The summed E-state index contributed by atoms with van der Waals surface area (Å²) in [4.78, 5) is 12.1. The van der Waals surface area contributed by atoms with Gasteiger partial charge in [0.1, 0.15) is 5.75 Å². The van der Waals surface area contributed by atoms with Crippen LogP contribution in [-0.2, 0) is 0 Å². The van der Waals surface area contributed by atoms with E-state index in [0.717, 1.165) is 0 Å². The fourth-order valence-electron chi connectivity index (χ4n) is 1.73. The molecule has 0 radical (unpaired) electrons. The molecule has 2 atom stereocenters. The Kier molecular flexibility index (Phi) is 5.67. The molecule has 0 aliphatic carbocycles. The summed E-state index contributed by atoms with van der Waals surface area (Å²) in [5.74, 6) is 0.107. The van der Waals surface area contributed by atoms with Gasteiger partial charge in [0, 0.05) is 17.8 Å². The van der Waals surface area contributed by atoms with Crippen molar-refractivity contribution >= 4 is 20.8 Å². The fourth-order valence-corrected chi connectivity index (χ4v) is 1.85. The van der Waals surface area contributed by atoms with E-state index in [4.69, 9.17) is 10.5 Å². The third-order valence-corrected chi connectivity index (χ3v) is 3.31. The number of benzene rings is 1. The van der Waals surface area contributed by atoms with Crippen LogP contribution in [0.4, 0.5) is 14.5 Å². The molecule has 0 aromatic heterocycles. The maximum atomic E-state index is 13.0. The van der Waals surface area contributed by atoms with Gasteiger partial charge in [0.15, 0.2) is 0 Å². The average molecular weight is 316 g/mol. The number of alkyl halides is 2. The maximum absolute atomic E-state index is 13.0. The van der Waals surface area contributed by atoms with E-state index in [1.807, 2.05) is 0 Å². The lowest BCUT2D eigenvalue weighted by Gasteiger charge is -2.19. The highest BCUT2D eigenvalue weighted by Crippen LogP contribution is 2.32. The van der Waals surface area contributed by atoms with Crippen LogP contribution in [0.15, 0.2) is 30.4 Å². The number of nitrogens with two attached hydrogens (primary N) is 1. The van der Waals surface area contributed by atoms with E-state index in [1.54, 1.807) is 13.0 Å². The van der Waals surface area contributed by atoms with Gasteiger partial charge in [-0.1, -0.05) is 15.8 Å². The molecule has 1 aromatic rings. The van der Waals surface area contributed by atoms with Crippen LogP contribution in [0.3, 0.4) is 0 Å². The first kappa shape index (κ1) is 17.4. The van der Waals surface area contributed by atoms with Gasteiger partial charge in [0.2, 0.25) is 0 Å². The summed E-state index contributed by atoms with van der Waals surface area (Å²) < 4.78 is 31.0. The smallest absolute Gasteiger partial charge is 0.279 e. The highest BCUT2D eigenvalue weighted by molar-refractivity contribution is 7.18. The monoisotopic (exact) mass is 316 g/mol. The van der Waals surface area contributed by atoms with Gasteiger partial charge in [-0.05, 0) is 31.1 Å².